The van der Waals surface area contributed by atoms with E-state index in [0.717, 1.165) is 21.5 Å². The van der Waals surface area contributed by atoms with E-state index in [4.69, 9.17) is 5.73 Å². The van der Waals surface area contributed by atoms with Gasteiger partial charge in [-0.15, -0.1) is 0 Å². The van der Waals surface area contributed by atoms with E-state index < -0.39 is 0 Å². The lowest BCUT2D eigenvalue weighted by atomic mass is 9.89. The van der Waals surface area contributed by atoms with Crippen molar-refractivity contribution in [2.24, 2.45) is 5.73 Å². The molecular weight excluding hydrogens is 309 g/mol. The van der Waals surface area contributed by atoms with Crippen molar-refractivity contribution < 1.29 is 4.39 Å². The molecule has 1 heterocycles. The van der Waals surface area contributed by atoms with Gasteiger partial charge in [0.1, 0.15) is 5.82 Å². The first kappa shape index (κ1) is 14.2. The van der Waals surface area contributed by atoms with E-state index in [-0.39, 0.29) is 11.2 Å². The molecule has 0 spiro atoms. The van der Waals surface area contributed by atoms with E-state index in [1.807, 2.05) is 6.92 Å². The standard InChI is InChI=1S/C14H17BrFN3/c1-9-12(15)13(14(2,3)8-17)18-19(9)11-6-4-10(16)5-7-11/h4-7H,8,17H2,1-3H3. The van der Waals surface area contributed by atoms with E-state index in [9.17, 15) is 4.39 Å². The third-order valence-corrected chi connectivity index (χ3v) is 4.22. The summed E-state index contributed by atoms with van der Waals surface area (Å²) in [6.45, 7) is 6.57. The first-order chi connectivity index (χ1) is 8.86. The molecule has 0 aliphatic rings. The highest BCUT2D eigenvalue weighted by molar-refractivity contribution is 9.10. The van der Waals surface area contributed by atoms with Gasteiger partial charge in [-0.2, -0.15) is 5.10 Å². The van der Waals surface area contributed by atoms with Gasteiger partial charge in [-0.3, -0.25) is 0 Å². The van der Waals surface area contributed by atoms with Gasteiger partial charge in [-0.05, 0) is 47.1 Å². The van der Waals surface area contributed by atoms with Crippen molar-refractivity contribution in [2.45, 2.75) is 26.2 Å². The molecule has 2 aromatic rings. The smallest absolute Gasteiger partial charge is 0.123 e. The van der Waals surface area contributed by atoms with Crippen LogP contribution >= 0.6 is 15.9 Å². The highest BCUT2D eigenvalue weighted by Gasteiger charge is 2.27. The zero-order chi connectivity index (χ0) is 14.2. The summed E-state index contributed by atoms with van der Waals surface area (Å²) in [6, 6.07) is 6.28. The fraction of sp³-hybridized carbons (Fsp3) is 0.357. The summed E-state index contributed by atoms with van der Waals surface area (Å²) in [5, 5.41) is 4.62. The number of nitrogens with zero attached hydrogens (tertiary/aromatic N) is 2. The monoisotopic (exact) mass is 325 g/mol. The van der Waals surface area contributed by atoms with Crippen molar-refractivity contribution in [3.8, 4) is 5.69 Å². The minimum absolute atomic E-state index is 0.213. The molecule has 0 fully saturated rings. The lowest BCUT2D eigenvalue weighted by Gasteiger charge is -2.20. The second-order valence-corrected chi connectivity index (χ2v) is 6.02. The summed E-state index contributed by atoms with van der Waals surface area (Å²) in [7, 11) is 0. The molecule has 3 nitrogen and oxygen atoms in total. The molecule has 0 radical (unpaired) electrons. The Morgan fingerprint density at radius 1 is 1.32 bits per heavy atom. The van der Waals surface area contributed by atoms with Gasteiger partial charge in [0.25, 0.3) is 0 Å². The molecule has 0 saturated heterocycles. The van der Waals surface area contributed by atoms with Crippen molar-refractivity contribution in [3.63, 3.8) is 0 Å². The average Bonchev–Trinajstić information content (AvgIpc) is 2.68. The maximum atomic E-state index is 13.0. The summed E-state index contributed by atoms with van der Waals surface area (Å²) in [5.74, 6) is -0.255. The molecule has 5 heteroatoms. The quantitative estimate of drug-likeness (QED) is 0.940. The van der Waals surface area contributed by atoms with Gasteiger partial charge in [0.05, 0.1) is 21.5 Å². The Morgan fingerprint density at radius 2 is 1.89 bits per heavy atom. The maximum absolute atomic E-state index is 13.0. The molecule has 0 saturated carbocycles. The molecule has 102 valence electrons. The van der Waals surface area contributed by atoms with Gasteiger partial charge in [0.2, 0.25) is 0 Å². The lowest BCUT2D eigenvalue weighted by molar-refractivity contribution is 0.513. The van der Waals surface area contributed by atoms with E-state index in [1.165, 1.54) is 12.1 Å². The van der Waals surface area contributed by atoms with Gasteiger partial charge in [0, 0.05) is 12.0 Å². The van der Waals surface area contributed by atoms with Crippen molar-refractivity contribution in [1.82, 2.24) is 9.78 Å². The third-order valence-electron chi connectivity index (χ3n) is 3.27. The first-order valence-corrected chi connectivity index (χ1v) is 6.87. The van der Waals surface area contributed by atoms with Gasteiger partial charge in [-0.1, -0.05) is 13.8 Å². The van der Waals surface area contributed by atoms with Crippen LogP contribution in [0.1, 0.15) is 25.2 Å². The predicted octanol–water partition coefficient (Wildman–Crippen LogP) is 3.32. The number of hydrogen-bond donors (Lipinski definition) is 1. The van der Waals surface area contributed by atoms with Gasteiger partial charge < -0.3 is 5.73 Å². The van der Waals surface area contributed by atoms with Crippen LogP contribution < -0.4 is 5.73 Å². The minimum atomic E-state index is -0.255. The zero-order valence-electron chi connectivity index (χ0n) is 11.2. The normalized spacial score (nSPS) is 11.9. The van der Waals surface area contributed by atoms with Gasteiger partial charge in [-0.25, -0.2) is 9.07 Å². The number of rotatable bonds is 3. The van der Waals surface area contributed by atoms with E-state index in [0.29, 0.717) is 6.54 Å². The highest BCUT2D eigenvalue weighted by Crippen LogP contribution is 2.32. The van der Waals surface area contributed by atoms with Crippen LogP contribution in [0.15, 0.2) is 28.7 Å². The van der Waals surface area contributed by atoms with Crippen LogP contribution in [0.4, 0.5) is 4.39 Å². The Balaban J connectivity index is 2.55. The van der Waals surface area contributed by atoms with Crippen molar-refractivity contribution in [3.05, 3.63) is 45.9 Å². The highest BCUT2D eigenvalue weighted by atomic mass is 79.9. The van der Waals surface area contributed by atoms with Crippen LogP contribution in [-0.4, -0.2) is 16.3 Å². The first-order valence-electron chi connectivity index (χ1n) is 6.08. The summed E-state index contributed by atoms with van der Waals surface area (Å²) in [5.41, 5.74) is 8.31. The molecule has 0 bridgehead atoms. The SMILES string of the molecule is Cc1c(Br)c(C(C)(C)CN)nn1-c1ccc(F)cc1. The second-order valence-electron chi connectivity index (χ2n) is 5.22. The third kappa shape index (κ3) is 2.58. The zero-order valence-corrected chi connectivity index (χ0v) is 12.8. The topological polar surface area (TPSA) is 43.8 Å². The molecule has 2 rings (SSSR count). The van der Waals surface area contributed by atoms with E-state index in [2.05, 4.69) is 34.9 Å². The maximum Gasteiger partial charge on any atom is 0.123 e. The second kappa shape index (κ2) is 5.06. The molecule has 1 aromatic carbocycles. The molecule has 0 amide bonds. The number of benzene rings is 1. The average molecular weight is 326 g/mol. The predicted molar refractivity (Wildman–Crippen MR) is 78.0 cm³/mol. The minimum Gasteiger partial charge on any atom is -0.330 e. The summed E-state index contributed by atoms with van der Waals surface area (Å²) < 4.78 is 15.7. The van der Waals surface area contributed by atoms with Crippen LogP contribution in [0.2, 0.25) is 0 Å². The number of hydrogen-bond acceptors (Lipinski definition) is 2. The molecular formula is C14H17BrFN3. The van der Waals surface area contributed by atoms with Gasteiger partial charge >= 0.3 is 0 Å². The Bertz CT molecular complexity index is 587. The van der Waals surface area contributed by atoms with Crippen LogP contribution in [0.3, 0.4) is 0 Å². The van der Waals surface area contributed by atoms with Crippen molar-refractivity contribution in [1.29, 1.82) is 0 Å². The molecule has 2 N–H and O–H groups in total. The molecule has 0 aliphatic heterocycles. The summed E-state index contributed by atoms with van der Waals surface area (Å²) >= 11 is 3.58. The molecule has 0 aliphatic carbocycles. The van der Waals surface area contributed by atoms with Crippen LogP contribution in [-0.2, 0) is 5.41 Å². The summed E-state index contributed by atoms with van der Waals surface area (Å²) in [6.07, 6.45) is 0. The lowest BCUT2D eigenvalue weighted by Crippen LogP contribution is -2.29. The van der Waals surface area contributed by atoms with Crippen molar-refractivity contribution in [2.75, 3.05) is 6.54 Å². The van der Waals surface area contributed by atoms with Crippen LogP contribution in [0.5, 0.6) is 0 Å². The van der Waals surface area contributed by atoms with Crippen LogP contribution in [0.25, 0.3) is 5.69 Å². The molecule has 0 unspecified atom stereocenters. The number of nitrogens with two attached hydrogens (primary N) is 1. The number of halogens is 2. The van der Waals surface area contributed by atoms with E-state index in [1.54, 1.807) is 16.8 Å². The van der Waals surface area contributed by atoms with Gasteiger partial charge in [0.15, 0.2) is 0 Å². The molecule has 19 heavy (non-hydrogen) atoms. The molecule has 1 aromatic heterocycles. The van der Waals surface area contributed by atoms with Crippen LogP contribution in [0, 0.1) is 12.7 Å². The Morgan fingerprint density at radius 3 is 2.42 bits per heavy atom. The van der Waals surface area contributed by atoms with E-state index >= 15 is 0 Å². The summed E-state index contributed by atoms with van der Waals surface area (Å²) in [4.78, 5) is 0. The Labute approximate surface area is 120 Å². The fourth-order valence-electron chi connectivity index (χ4n) is 1.85. The molecule has 0 atom stereocenters. The largest absolute Gasteiger partial charge is 0.330 e. The number of aromatic nitrogens is 2. The van der Waals surface area contributed by atoms with Crippen molar-refractivity contribution >= 4 is 15.9 Å². The Hall–Kier alpha value is -1.20. The Kier molecular flexibility index (Phi) is 3.78. The fourth-order valence-corrected chi connectivity index (χ4v) is 2.63.